The molecular weight excluding hydrogens is 370 g/mol. The molecule has 6 nitrogen and oxygen atoms in total. The Bertz CT molecular complexity index is 751. The molecule has 1 unspecified atom stereocenters. The molecule has 3 rings (SSSR count). The number of furan rings is 1. The predicted octanol–water partition coefficient (Wildman–Crippen LogP) is 2.90. The van der Waals surface area contributed by atoms with Gasteiger partial charge in [-0.3, -0.25) is 0 Å². The predicted molar refractivity (Wildman–Crippen MR) is 98.1 cm³/mol. The summed E-state index contributed by atoms with van der Waals surface area (Å²) in [4.78, 5) is 9.18. The normalized spacial score (nSPS) is 18.9. The topological polar surface area (TPSA) is 68.3 Å². The van der Waals surface area contributed by atoms with E-state index in [0.717, 1.165) is 48.3 Å². The van der Waals surface area contributed by atoms with Crippen LogP contribution in [-0.2, 0) is 0 Å². The second kappa shape index (κ2) is 7.51. The number of nitriles is 1. The van der Waals surface area contributed by atoms with E-state index in [4.69, 9.17) is 9.68 Å². The monoisotopic (exact) mass is 391 g/mol. The van der Waals surface area contributed by atoms with Crippen LogP contribution in [0.2, 0.25) is 0 Å². The maximum atomic E-state index is 8.97. The van der Waals surface area contributed by atoms with Crippen molar-refractivity contribution in [1.29, 1.82) is 5.26 Å². The minimum Gasteiger partial charge on any atom is -0.444 e. The molecular formula is C17H22BrN5O. The number of nitrogens with one attached hydrogen (secondary N) is 1. The largest absolute Gasteiger partial charge is 0.444 e. The molecule has 0 spiro atoms. The summed E-state index contributed by atoms with van der Waals surface area (Å²) in [5.41, 5.74) is 0.625. The summed E-state index contributed by atoms with van der Waals surface area (Å²) in [6.45, 7) is 4.35. The number of rotatable bonds is 5. The smallest absolute Gasteiger partial charge is 0.204 e. The zero-order valence-corrected chi connectivity index (χ0v) is 15.6. The zero-order chi connectivity index (χ0) is 17.1. The SMILES string of the molecule is CN(C)CCN1CCCC(Nc2ncc3oc(C#N)cc3c2Br)C1. The van der Waals surface area contributed by atoms with Gasteiger partial charge in [-0.2, -0.15) is 5.26 Å². The van der Waals surface area contributed by atoms with Gasteiger partial charge in [-0.15, -0.1) is 0 Å². The van der Waals surface area contributed by atoms with E-state index in [0.29, 0.717) is 17.4 Å². The van der Waals surface area contributed by atoms with Gasteiger partial charge in [0.05, 0.1) is 10.7 Å². The molecule has 24 heavy (non-hydrogen) atoms. The Labute approximate surface area is 150 Å². The molecule has 2 aromatic heterocycles. The molecule has 128 valence electrons. The Balaban J connectivity index is 1.70. The molecule has 7 heteroatoms. The molecule has 0 radical (unpaired) electrons. The van der Waals surface area contributed by atoms with Gasteiger partial charge in [0.15, 0.2) is 5.58 Å². The van der Waals surface area contributed by atoms with Gasteiger partial charge in [-0.05, 0) is 49.4 Å². The molecule has 1 aliphatic rings. The highest BCUT2D eigenvalue weighted by atomic mass is 79.9. The van der Waals surface area contributed by atoms with E-state index >= 15 is 0 Å². The highest BCUT2D eigenvalue weighted by Gasteiger charge is 2.21. The molecule has 0 amide bonds. The third-order valence-electron chi connectivity index (χ3n) is 4.34. The Kier molecular flexibility index (Phi) is 5.39. The quantitative estimate of drug-likeness (QED) is 0.844. The van der Waals surface area contributed by atoms with Crippen LogP contribution in [0.4, 0.5) is 5.82 Å². The first-order valence-corrected chi connectivity index (χ1v) is 8.98. The number of halogens is 1. The Morgan fingerprint density at radius 1 is 1.54 bits per heavy atom. The van der Waals surface area contributed by atoms with Crippen molar-refractivity contribution in [2.24, 2.45) is 0 Å². The standard InChI is InChI=1S/C17H22BrN5O/c1-22(2)6-7-23-5-3-4-12(11-23)21-17-16(18)14-8-13(9-19)24-15(14)10-20-17/h8,10,12H,3-7,11H2,1-2H3,(H,20,21). The fraction of sp³-hybridized carbons (Fsp3) is 0.529. The minimum absolute atomic E-state index is 0.303. The van der Waals surface area contributed by atoms with E-state index in [9.17, 15) is 0 Å². The second-order valence-electron chi connectivity index (χ2n) is 6.51. The molecule has 1 aliphatic heterocycles. The van der Waals surface area contributed by atoms with E-state index in [1.807, 2.05) is 6.07 Å². The molecule has 1 N–H and O–H groups in total. The number of likely N-dealkylation sites (N-methyl/N-ethyl adjacent to an activating group) is 1. The number of aromatic nitrogens is 1. The average molecular weight is 392 g/mol. The molecule has 1 saturated heterocycles. The summed E-state index contributed by atoms with van der Waals surface area (Å²) in [6, 6.07) is 4.15. The lowest BCUT2D eigenvalue weighted by Gasteiger charge is -2.34. The van der Waals surface area contributed by atoms with Crippen molar-refractivity contribution in [3.63, 3.8) is 0 Å². The lowest BCUT2D eigenvalue weighted by atomic mass is 10.1. The Hall–Kier alpha value is -1.62. The summed E-state index contributed by atoms with van der Waals surface area (Å²) in [5, 5.41) is 13.4. The number of fused-ring (bicyclic) bond motifs is 1. The van der Waals surface area contributed by atoms with Gasteiger partial charge in [0.2, 0.25) is 5.76 Å². The summed E-state index contributed by atoms with van der Waals surface area (Å²) < 4.78 is 6.28. The second-order valence-corrected chi connectivity index (χ2v) is 7.30. The average Bonchev–Trinajstić information content (AvgIpc) is 3.00. The van der Waals surface area contributed by atoms with Crippen molar-refractivity contribution in [2.45, 2.75) is 18.9 Å². The molecule has 0 saturated carbocycles. The van der Waals surface area contributed by atoms with Crippen molar-refractivity contribution >= 4 is 32.7 Å². The van der Waals surface area contributed by atoms with Crippen LogP contribution in [-0.4, -0.2) is 61.1 Å². The summed E-state index contributed by atoms with van der Waals surface area (Å²) in [7, 11) is 4.21. The number of anilines is 1. The number of likely N-dealkylation sites (tertiary alicyclic amines) is 1. The van der Waals surface area contributed by atoms with E-state index in [1.165, 1.54) is 6.42 Å². The van der Waals surface area contributed by atoms with Gasteiger partial charge in [-0.25, -0.2) is 4.98 Å². The molecule has 0 aliphatic carbocycles. The lowest BCUT2D eigenvalue weighted by Crippen LogP contribution is -2.44. The fourth-order valence-electron chi connectivity index (χ4n) is 3.05. The number of piperidine rings is 1. The van der Waals surface area contributed by atoms with Crippen LogP contribution in [0.15, 0.2) is 21.2 Å². The van der Waals surface area contributed by atoms with Crippen LogP contribution in [0.1, 0.15) is 18.6 Å². The van der Waals surface area contributed by atoms with E-state index in [2.05, 4.69) is 50.1 Å². The summed E-state index contributed by atoms with van der Waals surface area (Å²) in [5.74, 6) is 1.12. The number of hydrogen-bond donors (Lipinski definition) is 1. The summed E-state index contributed by atoms with van der Waals surface area (Å²) >= 11 is 3.60. The highest BCUT2D eigenvalue weighted by Crippen LogP contribution is 2.32. The molecule has 3 heterocycles. The van der Waals surface area contributed by atoms with Gasteiger partial charge < -0.3 is 19.5 Å². The molecule has 2 aromatic rings. The van der Waals surface area contributed by atoms with E-state index in [-0.39, 0.29) is 0 Å². The molecule has 1 atom stereocenters. The van der Waals surface area contributed by atoms with Crippen molar-refractivity contribution < 1.29 is 4.42 Å². The minimum atomic E-state index is 0.303. The number of hydrogen-bond acceptors (Lipinski definition) is 6. The fourth-order valence-corrected chi connectivity index (χ4v) is 3.57. The lowest BCUT2D eigenvalue weighted by molar-refractivity contribution is 0.197. The molecule has 0 bridgehead atoms. The first kappa shape index (κ1) is 17.2. The van der Waals surface area contributed by atoms with Gasteiger partial charge in [-0.1, -0.05) is 0 Å². The van der Waals surface area contributed by atoms with Crippen LogP contribution < -0.4 is 5.32 Å². The van der Waals surface area contributed by atoms with Crippen molar-refractivity contribution in [2.75, 3.05) is 45.6 Å². The van der Waals surface area contributed by atoms with Crippen LogP contribution in [0, 0.1) is 11.3 Å². The van der Waals surface area contributed by atoms with Gasteiger partial charge in [0.25, 0.3) is 0 Å². The highest BCUT2D eigenvalue weighted by molar-refractivity contribution is 9.10. The molecule has 1 fully saturated rings. The maximum Gasteiger partial charge on any atom is 0.204 e. The van der Waals surface area contributed by atoms with Crippen molar-refractivity contribution in [1.82, 2.24) is 14.8 Å². The Morgan fingerprint density at radius 2 is 2.38 bits per heavy atom. The first-order valence-electron chi connectivity index (χ1n) is 8.18. The van der Waals surface area contributed by atoms with Crippen LogP contribution >= 0.6 is 15.9 Å². The van der Waals surface area contributed by atoms with Crippen LogP contribution in [0.25, 0.3) is 11.0 Å². The number of pyridine rings is 1. The van der Waals surface area contributed by atoms with E-state index < -0.39 is 0 Å². The van der Waals surface area contributed by atoms with Crippen LogP contribution in [0.5, 0.6) is 0 Å². The van der Waals surface area contributed by atoms with Crippen molar-refractivity contribution in [3.05, 3.63) is 22.5 Å². The van der Waals surface area contributed by atoms with Gasteiger partial charge >= 0.3 is 0 Å². The van der Waals surface area contributed by atoms with Crippen LogP contribution in [0.3, 0.4) is 0 Å². The third-order valence-corrected chi connectivity index (χ3v) is 5.14. The van der Waals surface area contributed by atoms with Gasteiger partial charge in [0.1, 0.15) is 11.9 Å². The zero-order valence-electron chi connectivity index (χ0n) is 14.0. The number of nitrogens with zero attached hydrogens (tertiary/aromatic N) is 4. The Morgan fingerprint density at radius 3 is 3.12 bits per heavy atom. The third kappa shape index (κ3) is 3.89. The van der Waals surface area contributed by atoms with Gasteiger partial charge in [0, 0.05) is 37.1 Å². The van der Waals surface area contributed by atoms with E-state index in [1.54, 1.807) is 12.3 Å². The maximum absolute atomic E-state index is 8.97. The first-order chi connectivity index (χ1) is 11.6. The summed E-state index contributed by atoms with van der Waals surface area (Å²) in [6.07, 6.45) is 4.00. The van der Waals surface area contributed by atoms with Crippen molar-refractivity contribution in [3.8, 4) is 6.07 Å². The molecule has 0 aromatic carbocycles.